The first kappa shape index (κ1) is 17.2. The van der Waals surface area contributed by atoms with Gasteiger partial charge in [-0.1, -0.05) is 25.7 Å². The van der Waals surface area contributed by atoms with E-state index < -0.39 is 12.0 Å². The van der Waals surface area contributed by atoms with Gasteiger partial charge in [-0.15, -0.1) is 0 Å². The predicted molar refractivity (Wildman–Crippen MR) is 88.3 cm³/mol. The lowest BCUT2D eigenvalue weighted by Crippen LogP contribution is -2.51. The Morgan fingerprint density at radius 2 is 1.79 bits per heavy atom. The van der Waals surface area contributed by atoms with Crippen molar-refractivity contribution in [3.63, 3.8) is 0 Å². The zero-order valence-electron chi connectivity index (χ0n) is 14.3. The van der Waals surface area contributed by atoms with Gasteiger partial charge in [0.2, 0.25) is 11.8 Å². The van der Waals surface area contributed by atoms with Gasteiger partial charge in [-0.05, 0) is 38.0 Å². The van der Waals surface area contributed by atoms with Crippen LogP contribution in [0.3, 0.4) is 0 Å². The fourth-order valence-corrected chi connectivity index (χ4v) is 4.67. The van der Waals surface area contributed by atoms with Crippen LogP contribution in [0.15, 0.2) is 0 Å². The van der Waals surface area contributed by atoms with Gasteiger partial charge in [0.15, 0.2) is 0 Å². The number of likely N-dealkylation sites (tertiary alicyclic amines) is 2. The van der Waals surface area contributed by atoms with E-state index in [1.54, 1.807) is 9.80 Å². The van der Waals surface area contributed by atoms with Crippen LogP contribution in [0.4, 0.5) is 0 Å². The first-order valence-electron chi connectivity index (χ1n) is 9.39. The number of amides is 2. The summed E-state index contributed by atoms with van der Waals surface area (Å²) < 4.78 is 0. The fourth-order valence-electron chi connectivity index (χ4n) is 4.67. The summed E-state index contributed by atoms with van der Waals surface area (Å²) in [5.74, 6) is -0.733. The number of rotatable bonds is 3. The molecule has 1 saturated carbocycles. The lowest BCUT2D eigenvalue weighted by atomic mass is 9.85. The first-order chi connectivity index (χ1) is 11.6. The van der Waals surface area contributed by atoms with E-state index in [4.69, 9.17) is 0 Å². The number of carboxylic acid groups (broad SMARTS) is 1. The van der Waals surface area contributed by atoms with Gasteiger partial charge in [-0.25, -0.2) is 4.79 Å². The van der Waals surface area contributed by atoms with E-state index in [1.165, 1.54) is 0 Å². The minimum absolute atomic E-state index is 0.0364. The highest BCUT2D eigenvalue weighted by Crippen LogP contribution is 2.39. The molecule has 3 fully saturated rings. The van der Waals surface area contributed by atoms with Crippen molar-refractivity contribution in [1.82, 2.24) is 9.80 Å². The Morgan fingerprint density at radius 1 is 1.04 bits per heavy atom. The molecule has 0 aromatic rings. The number of hydrogen-bond donors (Lipinski definition) is 1. The highest BCUT2D eigenvalue weighted by atomic mass is 16.4. The molecule has 0 aromatic carbocycles. The standard InChI is InChI=1S/C18H28N2O4/c21-16-9-3-1-2-6-10-19(16)12-17(22)20-14-8-5-4-7-13(14)11-15(20)18(23)24/h13-15H,1-12H2,(H,23,24). The van der Waals surface area contributed by atoms with Gasteiger partial charge < -0.3 is 14.9 Å². The molecular weight excluding hydrogens is 308 g/mol. The monoisotopic (exact) mass is 336 g/mol. The van der Waals surface area contributed by atoms with E-state index in [0.29, 0.717) is 25.3 Å². The molecule has 24 heavy (non-hydrogen) atoms. The summed E-state index contributed by atoms with van der Waals surface area (Å²) in [4.78, 5) is 40.1. The lowest BCUT2D eigenvalue weighted by Gasteiger charge is -2.35. The Kier molecular flexibility index (Phi) is 5.41. The van der Waals surface area contributed by atoms with E-state index >= 15 is 0 Å². The van der Waals surface area contributed by atoms with E-state index in [9.17, 15) is 19.5 Å². The molecule has 0 bridgehead atoms. The number of carbonyl (C=O) groups is 3. The molecule has 6 nitrogen and oxygen atoms in total. The maximum absolute atomic E-state index is 12.9. The number of carbonyl (C=O) groups excluding carboxylic acids is 2. The van der Waals surface area contributed by atoms with Crippen LogP contribution in [-0.2, 0) is 14.4 Å². The number of hydrogen-bond acceptors (Lipinski definition) is 3. The van der Waals surface area contributed by atoms with Crippen LogP contribution < -0.4 is 0 Å². The van der Waals surface area contributed by atoms with Gasteiger partial charge in [0, 0.05) is 19.0 Å². The van der Waals surface area contributed by atoms with Crippen LogP contribution in [-0.4, -0.2) is 57.9 Å². The zero-order valence-corrected chi connectivity index (χ0v) is 14.3. The van der Waals surface area contributed by atoms with E-state index in [2.05, 4.69) is 0 Å². The van der Waals surface area contributed by atoms with Crippen molar-refractivity contribution in [3.05, 3.63) is 0 Å². The van der Waals surface area contributed by atoms with Crippen LogP contribution in [0.1, 0.15) is 64.2 Å². The number of fused-ring (bicyclic) bond motifs is 1. The molecule has 0 spiro atoms. The highest BCUT2D eigenvalue weighted by Gasteiger charge is 2.47. The summed E-state index contributed by atoms with van der Waals surface area (Å²) in [6.07, 6.45) is 9.13. The average Bonchev–Trinajstić information content (AvgIpc) is 2.94. The minimum atomic E-state index is -0.906. The van der Waals surface area contributed by atoms with E-state index in [0.717, 1.165) is 51.4 Å². The Labute approximate surface area is 143 Å². The number of carboxylic acids is 1. The van der Waals surface area contributed by atoms with Crippen molar-refractivity contribution < 1.29 is 19.5 Å². The first-order valence-corrected chi connectivity index (χ1v) is 9.39. The highest BCUT2D eigenvalue weighted by molar-refractivity contribution is 5.88. The predicted octanol–water partition coefficient (Wildman–Crippen LogP) is 2.02. The van der Waals surface area contributed by atoms with Crippen molar-refractivity contribution in [3.8, 4) is 0 Å². The molecule has 2 saturated heterocycles. The molecule has 134 valence electrons. The molecule has 2 amide bonds. The lowest BCUT2D eigenvalue weighted by molar-refractivity contribution is -0.151. The van der Waals surface area contributed by atoms with Gasteiger partial charge in [0.25, 0.3) is 0 Å². The number of aliphatic carboxylic acids is 1. The molecule has 0 radical (unpaired) electrons. The molecule has 6 heteroatoms. The van der Waals surface area contributed by atoms with Gasteiger partial charge >= 0.3 is 5.97 Å². The Morgan fingerprint density at radius 3 is 2.58 bits per heavy atom. The van der Waals surface area contributed by atoms with E-state index in [1.807, 2.05) is 0 Å². The summed E-state index contributed by atoms with van der Waals surface area (Å²) in [5.41, 5.74) is 0. The molecule has 1 aliphatic carbocycles. The van der Waals surface area contributed by atoms with Crippen molar-refractivity contribution in [1.29, 1.82) is 0 Å². The molecular formula is C18H28N2O4. The summed E-state index contributed by atoms with van der Waals surface area (Å²) in [7, 11) is 0. The SMILES string of the molecule is O=C(O)C1CC2CCCCC2N1C(=O)CN1CCCCCCC1=O. The van der Waals surface area contributed by atoms with Crippen LogP contribution in [0, 0.1) is 5.92 Å². The third kappa shape index (κ3) is 3.57. The second-order valence-corrected chi connectivity index (χ2v) is 7.48. The molecule has 2 aliphatic heterocycles. The van der Waals surface area contributed by atoms with E-state index in [-0.39, 0.29) is 24.4 Å². The molecule has 3 unspecified atom stereocenters. The Hall–Kier alpha value is -1.59. The summed E-state index contributed by atoms with van der Waals surface area (Å²) in [6, 6.07) is -0.660. The second-order valence-electron chi connectivity index (χ2n) is 7.48. The van der Waals surface area contributed by atoms with Gasteiger partial charge in [0.1, 0.15) is 6.04 Å². The van der Waals surface area contributed by atoms with Crippen LogP contribution in [0.25, 0.3) is 0 Å². The molecule has 1 N–H and O–H groups in total. The minimum Gasteiger partial charge on any atom is -0.480 e. The summed E-state index contributed by atoms with van der Waals surface area (Å²) in [6.45, 7) is 0.663. The quantitative estimate of drug-likeness (QED) is 0.855. The normalized spacial score (nSPS) is 31.3. The number of nitrogens with zero attached hydrogens (tertiary/aromatic N) is 2. The average molecular weight is 336 g/mol. The summed E-state index contributed by atoms with van der Waals surface area (Å²) >= 11 is 0. The largest absolute Gasteiger partial charge is 0.480 e. The van der Waals surface area contributed by atoms with Crippen LogP contribution in [0.2, 0.25) is 0 Å². The van der Waals surface area contributed by atoms with Gasteiger partial charge in [0.05, 0.1) is 6.54 Å². The van der Waals surface area contributed by atoms with Crippen molar-refractivity contribution in [2.75, 3.05) is 13.1 Å². The second kappa shape index (κ2) is 7.53. The molecule has 2 heterocycles. The Bertz CT molecular complexity index is 507. The molecule has 3 rings (SSSR count). The van der Waals surface area contributed by atoms with Crippen LogP contribution in [0.5, 0.6) is 0 Å². The third-order valence-corrected chi connectivity index (χ3v) is 5.91. The molecule has 0 aromatic heterocycles. The topological polar surface area (TPSA) is 77.9 Å². The van der Waals surface area contributed by atoms with Crippen LogP contribution >= 0.6 is 0 Å². The van der Waals surface area contributed by atoms with Gasteiger partial charge in [-0.2, -0.15) is 0 Å². The molecule has 3 aliphatic rings. The smallest absolute Gasteiger partial charge is 0.326 e. The van der Waals surface area contributed by atoms with Crippen molar-refractivity contribution in [2.24, 2.45) is 5.92 Å². The zero-order chi connectivity index (χ0) is 17.1. The fraction of sp³-hybridized carbons (Fsp3) is 0.833. The maximum atomic E-state index is 12.9. The van der Waals surface area contributed by atoms with Gasteiger partial charge in [-0.3, -0.25) is 9.59 Å². The molecule has 3 atom stereocenters. The maximum Gasteiger partial charge on any atom is 0.326 e. The van der Waals surface area contributed by atoms with Crippen molar-refractivity contribution >= 4 is 17.8 Å². The summed E-state index contributed by atoms with van der Waals surface area (Å²) in [5, 5.41) is 9.55. The Balaban J connectivity index is 1.71. The van der Waals surface area contributed by atoms with Crippen molar-refractivity contribution in [2.45, 2.75) is 76.3 Å². The third-order valence-electron chi connectivity index (χ3n) is 5.91.